The lowest BCUT2D eigenvalue weighted by molar-refractivity contribution is 0.0937. The third-order valence-corrected chi connectivity index (χ3v) is 7.56. The third kappa shape index (κ3) is 3.96. The first-order valence-corrected chi connectivity index (χ1v) is 11.3. The molecular weight excluding hydrogens is 420 g/mol. The maximum absolute atomic E-state index is 12.8. The second-order valence-corrected chi connectivity index (χ2v) is 9.53. The van der Waals surface area contributed by atoms with Crippen molar-refractivity contribution in [2.24, 2.45) is 5.73 Å². The zero-order valence-corrected chi connectivity index (χ0v) is 17.2. The summed E-state index contributed by atoms with van der Waals surface area (Å²) in [5.41, 5.74) is 3.75. The van der Waals surface area contributed by atoms with E-state index in [0.717, 1.165) is 6.07 Å². The molecule has 0 atom stereocenters. The van der Waals surface area contributed by atoms with E-state index in [1.165, 1.54) is 41.9 Å². The number of carbonyl (C=O) groups excluding carboxylic acids is 1. The van der Waals surface area contributed by atoms with Crippen LogP contribution in [0.25, 0.3) is 0 Å². The number of thiophene rings is 2. The molecule has 0 fully saturated rings. The van der Waals surface area contributed by atoms with E-state index in [1.807, 2.05) is 10.8 Å². The van der Waals surface area contributed by atoms with E-state index in [1.54, 1.807) is 24.3 Å². The number of carbonyl (C=O) groups is 1. The number of hydrogen-bond donors (Lipinski definition) is 3. The van der Waals surface area contributed by atoms with Crippen LogP contribution >= 0.6 is 22.7 Å². The van der Waals surface area contributed by atoms with Crippen LogP contribution in [0.5, 0.6) is 5.75 Å². The zero-order chi connectivity index (χ0) is 20.4. The van der Waals surface area contributed by atoms with Gasteiger partial charge in [-0.25, -0.2) is 13.1 Å². The van der Waals surface area contributed by atoms with E-state index >= 15 is 0 Å². The van der Waals surface area contributed by atoms with Gasteiger partial charge in [0.25, 0.3) is 5.91 Å². The molecule has 4 N–H and O–H groups in total. The minimum atomic E-state index is -4.02. The monoisotopic (exact) mass is 438 g/mol. The van der Waals surface area contributed by atoms with Crippen LogP contribution in [0.2, 0.25) is 0 Å². The number of nitrogens with one attached hydrogen (secondary N) is 1. The largest absolute Gasteiger partial charge is 0.496 e. The molecular formula is C18H18N2O5S3. The highest BCUT2D eigenvalue weighted by molar-refractivity contribution is 7.89. The van der Waals surface area contributed by atoms with Gasteiger partial charge in [-0.15, -0.1) is 22.7 Å². The molecule has 2 heterocycles. The van der Waals surface area contributed by atoms with Crippen molar-refractivity contribution in [2.75, 3.05) is 13.7 Å². The van der Waals surface area contributed by atoms with Gasteiger partial charge in [-0.3, -0.25) is 4.79 Å². The first-order valence-electron chi connectivity index (χ1n) is 8.06. The number of benzene rings is 1. The van der Waals surface area contributed by atoms with Crippen LogP contribution in [0.4, 0.5) is 0 Å². The van der Waals surface area contributed by atoms with Crippen LogP contribution in [-0.4, -0.2) is 33.1 Å². The lowest BCUT2D eigenvalue weighted by Crippen LogP contribution is -2.40. The van der Waals surface area contributed by atoms with E-state index in [-0.39, 0.29) is 22.8 Å². The fourth-order valence-electron chi connectivity index (χ4n) is 2.65. The van der Waals surface area contributed by atoms with Gasteiger partial charge in [0.15, 0.2) is 0 Å². The van der Waals surface area contributed by atoms with E-state index in [9.17, 15) is 18.3 Å². The highest BCUT2D eigenvalue weighted by Gasteiger charge is 2.35. The second-order valence-electron chi connectivity index (χ2n) is 5.87. The summed E-state index contributed by atoms with van der Waals surface area (Å²) >= 11 is 2.66. The number of methoxy groups -OCH3 is 1. The van der Waals surface area contributed by atoms with Crippen LogP contribution in [0, 0.1) is 0 Å². The third-order valence-electron chi connectivity index (χ3n) is 4.12. The van der Waals surface area contributed by atoms with Crippen LogP contribution in [-0.2, 0) is 15.6 Å². The number of primary amides is 1. The number of rotatable bonds is 8. The van der Waals surface area contributed by atoms with Gasteiger partial charge in [-0.05, 0) is 41.1 Å². The molecule has 0 radical (unpaired) electrons. The van der Waals surface area contributed by atoms with E-state index in [4.69, 9.17) is 10.5 Å². The predicted octanol–water partition coefficient (Wildman–Crippen LogP) is 2.13. The van der Waals surface area contributed by atoms with Crippen molar-refractivity contribution in [2.45, 2.75) is 10.5 Å². The molecule has 2 aromatic heterocycles. The number of sulfonamides is 1. The van der Waals surface area contributed by atoms with Gasteiger partial charge in [0, 0.05) is 16.3 Å². The molecule has 0 aliphatic rings. The Kier molecular flexibility index (Phi) is 5.87. The maximum atomic E-state index is 12.8. The summed E-state index contributed by atoms with van der Waals surface area (Å²) in [5.74, 6) is -0.622. The van der Waals surface area contributed by atoms with Crippen LogP contribution in [0.15, 0.2) is 58.1 Å². The molecule has 1 aromatic carbocycles. The van der Waals surface area contributed by atoms with Crippen LogP contribution in [0.3, 0.4) is 0 Å². The Morgan fingerprint density at radius 2 is 1.79 bits per heavy atom. The van der Waals surface area contributed by atoms with Gasteiger partial charge in [-0.2, -0.15) is 0 Å². The fourth-order valence-corrected chi connectivity index (χ4v) is 5.48. The molecule has 0 bridgehead atoms. The van der Waals surface area contributed by atoms with Gasteiger partial charge in [0.05, 0.1) is 17.6 Å². The number of amides is 1. The van der Waals surface area contributed by atoms with E-state index in [2.05, 4.69) is 4.72 Å². The highest BCUT2D eigenvalue weighted by atomic mass is 32.2. The van der Waals surface area contributed by atoms with Crippen molar-refractivity contribution in [3.05, 3.63) is 68.5 Å². The molecule has 0 aliphatic carbocycles. The molecule has 0 aliphatic heterocycles. The first kappa shape index (κ1) is 20.5. The Hall–Kier alpha value is -2.24. The standard InChI is InChI=1S/C18H18N2O5S3/c1-25-14-7-6-12(10-13(14)17(19)21)28(23,24)20-11-18(22,15-4-2-8-26-15)16-5-3-9-27-16/h2-10,20,22H,11H2,1H3,(H2,19,21). The van der Waals surface area contributed by atoms with Gasteiger partial charge in [-0.1, -0.05) is 12.1 Å². The minimum absolute atomic E-state index is 0.0443. The zero-order valence-electron chi connectivity index (χ0n) is 14.8. The van der Waals surface area contributed by atoms with Gasteiger partial charge < -0.3 is 15.6 Å². The second kappa shape index (κ2) is 8.02. The predicted molar refractivity (Wildman–Crippen MR) is 108 cm³/mol. The van der Waals surface area contributed by atoms with Crippen molar-refractivity contribution in [3.8, 4) is 5.75 Å². The minimum Gasteiger partial charge on any atom is -0.496 e. The lowest BCUT2D eigenvalue weighted by atomic mass is 10.0. The first-order chi connectivity index (χ1) is 13.3. The van der Waals surface area contributed by atoms with Gasteiger partial charge >= 0.3 is 0 Å². The number of ether oxygens (including phenoxy) is 1. The Labute approximate surface area is 170 Å². The number of aliphatic hydroxyl groups is 1. The van der Waals surface area contributed by atoms with Crippen LogP contribution < -0.4 is 15.2 Å². The smallest absolute Gasteiger partial charge is 0.252 e. The highest BCUT2D eigenvalue weighted by Crippen LogP contribution is 2.35. The van der Waals surface area contributed by atoms with Crippen molar-refractivity contribution < 1.29 is 23.1 Å². The molecule has 0 saturated carbocycles. The summed E-state index contributed by atoms with van der Waals surface area (Å²) < 4.78 is 33.0. The number of nitrogens with two attached hydrogens (primary N) is 1. The molecule has 3 aromatic rings. The summed E-state index contributed by atoms with van der Waals surface area (Å²) in [4.78, 5) is 12.7. The SMILES string of the molecule is COc1ccc(S(=O)(=O)NCC(O)(c2cccs2)c2cccs2)cc1C(N)=O. The summed E-state index contributed by atoms with van der Waals surface area (Å²) in [6.07, 6.45) is 0. The summed E-state index contributed by atoms with van der Waals surface area (Å²) in [6.45, 7) is -0.270. The molecule has 3 rings (SSSR count). The van der Waals surface area contributed by atoms with Crippen molar-refractivity contribution >= 4 is 38.6 Å². The van der Waals surface area contributed by atoms with E-state index < -0.39 is 21.5 Å². The quantitative estimate of drug-likeness (QED) is 0.498. The Morgan fingerprint density at radius 1 is 1.18 bits per heavy atom. The summed E-state index contributed by atoms with van der Waals surface area (Å²) in [5, 5.41) is 14.9. The summed E-state index contributed by atoms with van der Waals surface area (Å²) in [7, 11) is -2.66. The average molecular weight is 439 g/mol. The molecule has 1 amide bonds. The summed E-state index contributed by atoms with van der Waals surface area (Å²) in [6, 6.07) is 10.9. The van der Waals surface area contributed by atoms with Gasteiger partial charge in [0.2, 0.25) is 10.0 Å². The molecule has 7 nitrogen and oxygen atoms in total. The topological polar surface area (TPSA) is 119 Å². The lowest BCUT2D eigenvalue weighted by Gasteiger charge is -2.26. The maximum Gasteiger partial charge on any atom is 0.252 e. The van der Waals surface area contributed by atoms with Crippen molar-refractivity contribution in [1.29, 1.82) is 0 Å². The molecule has 10 heteroatoms. The normalized spacial score (nSPS) is 12.1. The van der Waals surface area contributed by atoms with Crippen LogP contribution in [0.1, 0.15) is 20.1 Å². The van der Waals surface area contributed by atoms with Crippen molar-refractivity contribution in [3.63, 3.8) is 0 Å². The molecule has 148 valence electrons. The van der Waals surface area contributed by atoms with E-state index in [0.29, 0.717) is 9.75 Å². The molecule has 0 saturated heterocycles. The Bertz CT molecular complexity index is 1030. The molecule has 0 spiro atoms. The fraction of sp³-hybridized carbons (Fsp3) is 0.167. The van der Waals surface area contributed by atoms with Gasteiger partial charge in [0.1, 0.15) is 11.4 Å². The van der Waals surface area contributed by atoms with Crippen molar-refractivity contribution in [1.82, 2.24) is 4.72 Å². The molecule has 28 heavy (non-hydrogen) atoms. The average Bonchev–Trinajstić information content (AvgIpc) is 3.39. The molecule has 0 unspecified atom stereocenters. The Morgan fingerprint density at radius 3 is 2.25 bits per heavy atom. The Balaban J connectivity index is 1.92. The number of hydrogen-bond acceptors (Lipinski definition) is 7.